The standard InChI is InChI=1S/C32H41N5O4/c1-22-18-27(28-23(2)34-35(3)29(28)33-22)31(39)36-15-12-32(13-16-36)11-4-5-17-40-20-25-9-7-14-37(25)30(38)24-8-6-10-26(19-24)41-21-32/h6,8,10,18-19,25H,4-5,7,9,11-17,20-21H2,1-3H3/t25-/m0/s1. The summed E-state index contributed by atoms with van der Waals surface area (Å²) in [5.41, 5.74) is 3.71. The summed E-state index contributed by atoms with van der Waals surface area (Å²) in [7, 11) is 1.87. The van der Waals surface area contributed by atoms with Crippen LogP contribution < -0.4 is 4.74 Å². The van der Waals surface area contributed by atoms with Crippen LogP contribution in [-0.2, 0) is 11.8 Å². The molecular formula is C32H41N5O4. The van der Waals surface area contributed by atoms with E-state index >= 15 is 0 Å². The molecule has 9 heteroatoms. The molecule has 1 atom stereocenters. The van der Waals surface area contributed by atoms with E-state index < -0.39 is 0 Å². The van der Waals surface area contributed by atoms with Crippen molar-refractivity contribution >= 4 is 22.8 Å². The van der Waals surface area contributed by atoms with Crippen LogP contribution in [0.25, 0.3) is 11.0 Å². The Morgan fingerprint density at radius 2 is 1.88 bits per heavy atom. The fourth-order valence-corrected chi connectivity index (χ4v) is 6.88. The number of benzene rings is 1. The van der Waals surface area contributed by atoms with Crippen LogP contribution in [0.2, 0.25) is 0 Å². The molecule has 2 amide bonds. The Morgan fingerprint density at radius 1 is 1.05 bits per heavy atom. The number of aromatic nitrogens is 3. The third kappa shape index (κ3) is 5.56. The highest BCUT2D eigenvalue weighted by molar-refractivity contribution is 6.06. The van der Waals surface area contributed by atoms with Crippen molar-refractivity contribution in [3.8, 4) is 5.75 Å². The molecule has 2 fully saturated rings. The van der Waals surface area contributed by atoms with E-state index in [1.165, 1.54) is 0 Å². The SMILES string of the molecule is Cc1cc(C(=O)N2CCC3(CCCCOC[C@@H]4CCCN4C(=O)c4cccc(c4)OC3)CC2)c2c(C)nn(C)c2n1. The average molecular weight is 560 g/mol. The van der Waals surface area contributed by atoms with E-state index in [9.17, 15) is 9.59 Å². The van der Waals surface area contributed by atoms with Crippen LogP contribution in [-0.4, -0.2) is 81.9 Å². The van der Waals surface area contributed by atoms with Crippen molar-refractivity contribution in [2.45, 2.75) is 64.8 Å². The lowest BCUT2D eigenvalue weighted by Crippen LogP contribution is -2.45. The van der Waals surface area contributed by atoms with Gasteiger partial charge in [0.2, 0.25) is 0 Å². The van der Waals surface area contributed by atoms with Gasteiger partial charge < -0.3 is 19.3 Å². The van der Waals surface area contributed by atoms with Gasteiger partial charge in [0.05, 0.1) is 35.9 Å². The normalized spacial score (nSPS) is 21.8. The first-order chi connectivity index (χ1) is 19.8. The van der Waals surface area contributed by atoms with Crippen LogP contribution in [0.4, 0.5) is 0 Å². The fourth-order valence-electron chi connectivity index (χ4n) is 6.88. The van der Waals surface area contributed by atoms with Gasteiger partial charge in [-0.2, -0.15) is 5.10 Å². The van der Waals surface area contributed by atoms with Crippen LogP contribution >= 0.6 is 0 Å². The molecule has 5 heterocycles. The molecule has 218 valence electrons. The lowest BCUT2D eigenvalue weighted by atomic mass is 9.75. The molecule has 3 aliphatic heterocycles. The average Bonchev–Trinajstić information content (AvgIpc) is 3.56. The van der Waals surface area contributed by atoms with Crippen molar-refractivity contribution in [3.05, 3.63) is 52.8 Å². The van der Waals surface area contributed by atoms with Gasteiger partial charge in [-0.05, 0) is 76.6 Å². The lowest BCUT2D eigenvalue weighted by Gasteiger charge is -2.42. The zero-order valence-corrected chi connectivity index (χ0v) is 24.5. The summed E-state index contributed by atoms with van der Waals surface area (Å²) in [6.45, 7) is 7.87. The Morgan fingerprint density at radius 3 is 2.71 bits per heavy atom. The summed E-state index contributed by atoms with van der Waals surface area (Å²) in [5, 5.41) is 5.36. The maximum Gasteiger partial charge on any atom is 0.254 e. The van der Waals surface area contributed by atoms with Crippen LogP contribution in [0, 0.1) is 19.3 Å². The quantitative estimate of drug-likeness (QED) is 0.430. The van der Waals surface area contributed by atoms with Gasteiger partial charge in [-0.3, -0.25) is 14.3 Å². The number of carbonyl (C=O) groups excluding carboxylic acids is 2. The van der Waals surface area contributed by atoms with Gasteiger partial charge in [-0.15, -0.1) is 0 Å². The molecule has 41 heavy (non-hydrogen) atoms. The number of aryl methyl sites for hydroxylation is 3. The largest absolute Gasteiger partial charge is 0.493 e. The van der Waals surface area contributed by atoms with Crippen molar-refractivity contribution in [1.29, 1.82) is 0 Å². The zero-order chi connectivity index (χ0) is 28.6. The summed E-state index contributed by atoms with van der Waals surface area (Å²) >= 11 is 0. The number of piperidine rings is 1. The predicted octanol–water partition coefficient (Wildman–Crippen LogP) is 4.69. The number of fused-ring (bicyclic) bond motifs is 4. The number of hydrogen-bond donors (Lipinski definition) is 0. The first-order valence-electron chi connectivity index (χ1n) is 15.1. The van der Waals surface area contributed by atoms with Crippen LogP contribution in [0.15, 0.2) is 30.3 Å². The van der Waals surface area contributed by atoms with Gasteiger partial charge >= 0.3 is 0 Å². The monoisotopic (exact) mass is 559 g/mol. The number of rotatable bonds is 1. The third-order valence-electron chi connectivity index (χ3n) is 9.26. The lowest BCUT2D eigenvalue weighted by molar-refractivity contribution is 0.0333. The molecule has 1 spiro atoms. The fraction of sp³-hybridized carbons (Fsp3) is 0.562. The van der Waals surface area contributed by atoms with Crippen molar-refractivity contribution < 1.29 is 19.1 Å². The van der Waals surface area contributed by atoms with Crippen LogP contribution in [0.5, 0.6) is 5.75 Å². The molecule has 3 aliphatic rings. The maximum absolute atomic E-state index is 13.8. The van der Waals surface area contributed by atoms with Crippen LogP contribution in [0.3, 0.4) is 0 Å². The molecule has 1 aromatic carbocycles. The Kier molecular flexibility index (Phi) is 7.72. The highest BCUT2D eigenvalue weighted by Crippen LogP contribution is 2.38. The second-order valence-electron chi connectivity index (χ2n) is 12.2. The molecule has 0 radical (unpaired) electrons. The second-order valence-corrected chi connectivity index (χ2v) is 12.2. The highest BCUT2D eigenvalue weighted by atomic mass is 16.5. The topological polar surface area (TPSA) is 89.8 Å². The Balaban J connectivity index is 1.19. The molecule has 2 saturated heterocycles. The highest BCUT2D eigenvalue weighted by Gasteiger charge is 2.37. The molecule has 2 bridgehead atoms. The molecular weight excluding hydrogens is 518 g/mol. The number of hydrogen-bond acceptors (Lipinski definition) is 6. The van der Waals surface area contributed by atoms with E-state index in [1.807, 2.05) is 61.0 Å². The summed E-state index contributed by atoms with van der Waals surface area (Å²) in [5.74, 6) is 0.837. The molecule has 0 N–H and O–H groups in total. The summed E-state index contributed by atoms with van der Waals surface area (Å²) in [6.07, 6.45) is 6.79. The molecule has 3 aromatic rings. The van der Waals surface area contributed by atoms with Crippen LogP contribution in [0.1, 0.15) is 77.0 Å². The van der Waals surface area contributed by atoms with Crippen molar-refractivity contribution in [2.24, 2.45) is 12.5 Å². The Labute approximate surface area is 241 Å². The first-order valence-corrected chi connectivity index (χ1v) is 15.1. The summed E-state index contributed by atoms with van der Waals surface area (Å²) < 4.78 is 14.2. The minimum Gasteiger partial charge on any atom is -0.493 e. The number of likely N-dealkylation sites (tertiary alicyclic amines) is 1. The zero-order valence-electron chi connectivity index (χ0n) is 24.5. The Bertz CT molecular complexity index is 1440. The van der Waals surface area contributed by atoms with E-state index in [0.717, 1.165) is 79.7 Å². The molecule has 9 nitrogen and oxygen atoms in total. The molecule has 0 saturated carbocycles. The number of carbonyl (C=O) groups is 2. The third-order valence-corrected chi connectivity index (χ3v) is 9.26. The van der Waals surface area contributed by atoms with E-state index in [2.05, 4.69) is 10.1 Å². The van der Waals surface area contributed by atoms with Gasteiger partial charge in [0.15, 0.2) is 5.65 Å². The molecule has 6 rings (SSSR count). The van der Waals surface area contributed by atoms with Gasteiger partial charge in [0.25, 0.3) is 11.8 Å². The summed E-state index contributed by atoms with van der Waals surface area (Å²) in [6, 6.07) is 9.66. The molecule has 0 aliphatic carbocycles. The number of nitrogens with zero attached hydrogens (tertiary/aromatic N) is 5. The van der Waals surface area contributed by atoms with E-state index in [-0.39, 0.29) is 23.3 Å². The van der Waals surface area contributed by atoms with Crippen molar-refractivity contribution in [1.82, 2.24) is 24.6 Å². The number of amides is 2. The first kappa shape index (κ1) is 27.7. The van der Waals surface area contributed by atoms with E-state index in [1.54, 1.807) is 4.68 Å². The predicted molar refractivity (Wildman–Crippen MR) is 156 cm³/mol. The number of ether oxygens (including phenoxy) is 2. The number of pyridine rings is 1. The van der Waals surface area contributed by atoms with Gasteiger partial charge in [0, 0.05) is 50.0 Å². The Hall–Kier alpha value is -3.46. The molecule has 0 unspecified atom stereocenters. The van der Waals surface area contributed by atoms with E-state index in [0.29, 0.717) is 44.0 Å². The second kappa shape index (κ2) is 11.4. The van der Waals surface area contributed by atoms with Gasteiger partial charge in [-0.25, -0.2) is 4.98 Å². The minimum atomic E-state index is -0.0370. The summed E-state index contributed by atoms with van der Waals surface area (Å²) in [4.78, 5) is 35.7. The van der Waals surface area contributed by atoms with Crippen molar-refractivity contribution in [2.75, 3.05) is 39.5 Å². The molecule has 2 aromatic heterocycles. The smallest absolute Gasteiger partial charge is 0.254 e. The minimum absolute atomic E-state index is 0.0370. The van der Waals surface area contributed by atoms with Crippen molar-refractivity contribution in [3.63, 3.8) is 0 Å². The van der Waals surface area contributed by atoms with E-state index in [4.69, 9.17) is 9.47 Å². The maximum atomic E-state index is 13.8. The van der Waals surface area contributed by atoms with Gasteiger partial charge in [0.1, 0.15) is 5.75 Å². The van der Waals surface area contributed by atoms with Gasteiger partial charge in [-0.1, -0.05) is 12.5 Å².